The summed E-state index contributed by atoms with van der Waals surface area (Å²) in [6, 6.07) is 16.8. The predicted octanol–water partition coefficient (Wildman–Crippen LogP) is 6.49. The Kier molecular flexibility index (Phi) is 7.57. The quantitative estimate of drug-likeness (QED) is 0.218. The monoisotopic (exact) mass is 525 g/mol. The van der Waals surface area contributed by atoms with Crippen LogP contribution in [0.15, 0.2) is 83.6 Å². The second kappa shape index (κ2) is 10.7. The molecule has 1 N–H and O–H groups in total. The van der Waals surface area contributed by atoms with Crippen molar-refractivity contribution in [1.82, 2.24) is 5.43 Å². The van der Waals surface area contributed by atoms with Crippen molar-refractivity contribution in [1.29, 1.82) is 0 Å². The minimum atomic E-state index is -4.72. The predicted molar refractivity (Wildman–Crippen MR) is 139 cm³/mol. The number of likely N-dealkylation sites (N-methyl/N-ethyl adjacent to an activating group) is 1. The number of benzene rings is 3. The number of nitrogens with one attached hydrogen (secondary N) is 1. The normalized spacial score (nSPS) is 18.2. The van der Waals surface area contributed by atoms with Crippen molar-refractivity contribution in [3.05, 3.63) is 107 Å². The van der Waals surface area contributed by atoms with Gasteiger partial charge in [-0.05, 0) is 79.9 Å². The molecule has 3 aromatic rings. The number of nitrogens with zero attached hydrogens (tertiary/aromatic N) is 2. The highest BCUT2D eigenvalue weighted by molar-refractivity contribution is 5.94. The van der Waals surface area contributed by atoms with Gasteiger partial charge >= 0.3 is 6.18 Å². The van der Waals surface area contributed by atoms with Crippen LogP contribution in [0, 0.1) is 5.82 Å². The van der Waals surface area contributed by atoms with Gasteiger partial charge in [0, 0.05) is 35.1 Å². The lowest BCUT2D eigenvalue weighted by Crippen LogP contribution is -2.31. The van der Waals surface area contributed by atoms with E-state index in [1.54, 1.807) is 42.5 Å². The summed E-state index contributed by atoms with van der Waals surface area (Å²) >= 11 is 0. The zero-order valence-corrected chi connectivity index (χ0v) is 21.1. The summed E-state index contributed by atoms with van der Waals surface area (Å²) in [7, 11) is 1.52. The lowest BCUT2D eigenvalue weighted by molar-refractivity contribution is -0.138. The summed E-state index contributed by atoms with van der Waals surface area (Å²) in [6.45, 7) is 4.30. The van der Waals surface area contributed by atoms with Crippen LogP contribution in [0.1, 0.15) is 40.9 Å². The van der Waals surface area contributed by atoms with E-state index in [4.69, 9.17) is 4.74 Å². The number of allylic oxidation sites excluding steroid dienone is 2. The SMILES string of the molecule is CCN1/C(=C\C=N\NC(=O)c2ccccc2)C(C)(Cc2ccc(F)cc2C(F)(F)F)c2cc(OC)ccc21. The fourth-order valence-corrected chi connectivity index (χ4v) is 4.89. The molecular weight excluding hydrogens is 498 g/mol. The highest BCUT2D eigenvalue weighted by Gasteiger charge is 2.45. The smallest absolute Gasteiger partial charge is 0.416 e. The van der Waals surface area contributed by atoms with Gasteiger partial charge in [0.1, 0.15) is 11.6 Å². The number of methoxy groups -OCH3 is 1. The number of hydrazone groups is 1. The van der Waals surface area contributed by atoms with Crippen LogP contribution in [0.3, 0.4) is 0 Å². The molecule has 1 aliphatic rings. The highest BCUT2D eigenvalue weighted by Crippen LogP contribution is 2.51. The van der Waals surface area contributed by atoms with E-state index in [0.717, 1.165) is 17.3 Å². The molecule has 1 aliphatic heterocycles. The van der Waals surface area contributed by atoms with Gasteiger partial charge in [-0.1, -0.05) is 24.3 Å². The van der Waals surface area contributed by atoms with Crippen LogP contribution in [0.5, 0.6) is 5.75 Å². The summed E-state index contributed by atoms with van der Waals surface area (Å²) in [5.41, 5.74) is 3.17. The third kappa shape index (κ3) is 5.27. The summed E-state index contributed by atoms with van der Waals surface area (Å²) in [4.78, 5) is 14.3. The minimum Gasteiger partial charge on any atom is -0.497 e. The van der Waals surface area contributed by atoms with Gasteiger partial charge in [-0.3, -0.25) is 4.79 Å². The molecule has 0 aromatic heterocycles. The van der Waals surface area contributed by atoms with Crippen molar-refractivity contribution >= 4 is 17.8 Å². The topological polar surface area (TPSA) is 53.9 Å². The van der Waals surface area contributed by atoms with Crippen LogP contribution in [0.25, 0.3) is 0 Å². The molecule has 1 amide bonds. The number of anilines is 1. The fourth-order valence-electron chi connectivity index (χ4n) is 4.89. The van der Waals surface area contributed by atoms with Crippen LogP contribution in [0.2, 0.25) is 0 Å². The molecule has 3 aromatic carbocycles. The molecular formula is C29H27F4N3O2. The van der Waals surface area contributed by atoms with Gasteiger partial charge < -0.3 is 9.64 Å². The maximum atomic E-state index is 13.9. The molecule has 0 saturated heterocycles. The molecule has 0 radical (unpaired) electrons. The highest BCUT2D eigenvalue weighted by atomic mass is 19.4. The number of alkyl halides is 3. The van der Waals surface area contributed by atoms with Gasteiger partial charge in [0.15, 0.2) is 0 Å². The zero-order valence-electron chi connectivity index (χ0n) is 21.1. The number of halogens is 4. The minimum absolute atomic E-state index is 0.0339. The third-order valence-corrected chi connectivity index (χ3v) is 6.69. The molecule has 9 heteroatoms. The second-order valence-corrected chi connectivity index (χ2v) is 9.07. The molecule has 0 bridgehead atoms. The van der Waals surface area contributed by atoms with E-state index in [-0.39, 0.29) is 12.0 Å². The lowest BCUT2D eigenvalue weighted by Gasteiger charge is -2.31. The molecule has 38 heavy (non-hydrogen) atoms. The molecule has 5 nitrogen and oxygen atoms in total. The largest absolute Gasteiger partial charge is 0.497 e. The third-order valence-electron chi connectivity index (χ3n) is 6.69. The van der Waals surface area contributed by atoms with E-state index in [1.165, 1.54) is 19.4 Å². The molecule has 0 spiro atoms. The van der Waals surface area contributed by atoms with Crippen LogP contribution in [-0.4, -0.2) is 25.8 Å². The molecule has 1 atom stereocenters. The first-order chi connectivity index (χ1) is 18.1. The van der Waals surface area contributed by atoms with E-state index in [2.05, 4.69) is 10.5 Å². The number of rotatable bonds is 7. The van der Waals surface area contributed by atoms with Crippen molar-refractivity contribution in [3.8, 4) is 5.75 Å². The number of ether oxygens (including phenoxy) is 1. The maximum Gasteiger partial charge on any atom is 0.416 e. The standard InChI is InChI=1S/C29H27F4N3O2/c1-4-36-25-13-12-22(38-3)17-24(25)28(2,18-20-10-11-21(30)16-23(20)29(31,32)33)26(36)14-15-34-35-27(37)19-8-6-5-7-9-19/h5-17H,4,18H2,1-3H3,(H,35,37)/b26-14-,34-15+. The molecule has 4 rings (SSSR count). The first-order valence-electron chi connectivity index (χ1n) is 12.0. The fraction of sp³-hybridized carbons (Fsp3) is 0.241. The lowest BCUT2D eigenvalue weighted by atomic mass is 9.75. The van der Waals surface area contributed by atoms with Crippen LogP contribution in [-0.2, 0) is 18.0 Å². The number of hydrogen-bond donors (Lipinski definition) is 1. The Balaban J connectivity index is 1.77. The van der Waals surface area contributed by atoms with Gasteiger partial charge in [0.2, 0.25) is 0 Å². The van der Waals surface area contributed by atoms with Crippen molar-refractivity contribution in [2.45, 2.75) is 31.9 Å². The van der Waals surface area contributed by atoms with Gasteiger partial charge in [-0.15, -0.1) is 0 Å². The Bertz CT molecular complexity index is 1390. The van der Waals surface area contributed by atoms with Crippen molar-refractivity contribution < 1.29 is 27.1 Å². The summed E-state index contributed by atoms with van der Waals surface area (Å²) in [5.74, 6) is -0.783. The molecule has 1 heterocycles. The maximum absolute atomic E-state index is 13.9. The summed E-state index contributed by atoms with van der Waals surface area (Å²) in [5, 5.41) is 4.04. The number of fused-ring (bicyclic) bond motifs is 1. The van der Waals surface area contributed by atoms with Crippen LogP contribution in [0.4, 0.5) is 23.2 Å². The molecule has 0 saturated carbocycles. The average molecular weight is 526 g/mol. The average Bonchev–Trinajstić information content (AvgIpc) is 3.13. The van der Waals surface area contributed by atoms with E-state index in [0.29, 0.717) is 29.6 Å². The zero-order chi connectivity index (χ0) is 27.5. The Morgan fingerprint density at radius 1 is 1.11 bits per heavy atom. The van der Waals surface area contributed by atoms with E-state index >= 15 is 0 Å². The first kappa shape index (κ1) is 26.9. The number of carbonyl (C=O) groups is 1. The van der Waals surface area contributed by atoms with E-state index in [9.17, 15) is 22.4 Å². The number of amides is 1. The Labute approximate surface area is 218 Å². The van der Waals surface area contributed by atoms with Crippen LogP contribution >= 0.6 is 0 Å². The molecule has 0 aliphatic carbocycles. The van der Waals surface area contributed by atoms with Crippen molar-refractivity contribution in [3.63, 3.8) is 0 Å². The molecule has 1 unspecified atom stereocenters. The van der Waals surface area contributed by atoms with Gasteiger partial charge in [-0.2, -0.15) is 18.3 Å². The molecule has 198 valence electrons. The van der Waals surface area contributed by atoms with Crippen molar-refractivity contribution in [2.75, 3.05) is 18.6 Å². The van der Waals surface area contributed by atoms with Crippen molar-refractivity contribution in [2.24, 2.45) is 5.10 Å². The van der Waals surface area contributed by atoms with Crippen LogP contribution < -0.4 is 15.1 Å². The molecule has 0 fully saturated rings. The Hall–Kier alpha value is -4.14. The summed E-state index contributed by atoms with van der Waals surface area (Å²) < 4.78 is 60.8. The van der Waals surface area contributed by atoms with Gasteiger partial charge in [0.25, 0.3) is 5.91 Å². The number of hydrogen-bond acceptors (Lipinski definition) is 4. The summed E-state index contributed by atoms with van der Waals surface area (Å²) in [6.07, 6.45) is -1.69. The second-order valence-electron chi connectivity index (χ2n) is 9.07. The van der Waals surface area contributed by atoms with E-state index < -0.39 is 28.9 Å². The Morgan fingerprint density at radius 3 is 2.50 bits per heavy atom. The Morgan fingerprint density at radius 2 is 1.84 bits per heavy atom. The van der Waals surface area contributed by atoms with Gasteiger partial charge in [-0.25, -0.2) is 9.82 Å². The van der Waals surface area contributed by atoms with Gasteiger partial charge in [0.05, 0.1) is 12.7 Å². The first-order valence-corrected chi connectivity index (χ1v) is 12.0. The van der Waals surface area contributed by atoms with E-state index in [1.807, 2.05) is 30.9 Å². The number of carbonyl (C=O) groups excluding carboxylic acids is 1.